The lowest BCUT2D eigenvalue weighted by Crippen LogP contribution is -2.33. The Kier molecular flexibility index (Phi) is 3.58. The average molecular weight is 411 g/mol. The van der Waals surface area contributed by atoms with Crippen LogP contribution in [0, 0.1) is 0 Å². The first-order valence-electron chi connectivity index (χ1n) is 9.01. The second-order valence-electron chi connectivity index (χ2n) is 6.88. The molecule has 3 aliphatic heterocycles. The van der Waals surface area contributed by atoms with Gasteiger partial charge in [0.2, 0.25) is 13.0 Å². The van der Waals surface area contributed by atoms with E-state index in [0.717, 1.165) is 45.4 Å². The molecule has 7 heteroatoms. The highest BCUT2D eigenvalue weighted by atomic mass is 35.5. The fourth-order valence-electron chi connectivity index (χ4n) is 3.93. The standard InChI is InChI=1S/C21H15ClN2O3S/c22-13-4-6-17-14(9-13)16-10-15(12-3-5-18-19(8-12)26-11-25-18)23-24(16)21(27-17)20-2-1-7-28-20/h1-9,16,21H,10-11H2/t16-,21-/m0/s1. The zero-order chi connectivity index (χ0) is 18.7. The lowest BCUT2D eigenvalue weighted by molar-refractivity contribution is -0.0165. The Morgan fingerprint density at radius 3 is 2.82 bits per heavy atom. The molecule has 0 radical (unpaired) electrons. The third-order valence-electron chi connectivity index (χ3n) is 5.24. The van der Waals surface area contributed by atoms with Gasteiger partial charge in [0.1, 0.15) is 5.75 Å². The van der Waals surface area contributed by atoms with E-state index in [1.54, 1.807) is 11.3 Å². The number of rotatable bonds is 2. The molecule has 0 N–H and O–H groups in total. The zero-order valence-corrected chi connectivity index (χ0v) is 16.2. The topological polar surface area (TPSA) is 43.3 Å². The van der Waals surface area contributed by atoms with Gasteiger partial charge in [-0.05, 0) is 47.8 Å². The molecular formula is C21H15ClN2O3S. The summed E-state index contributed by atoms with van der Waals surface area (Å²) in [7, 11) is 0. The van der Waals surface area contributed by atoms with Crippen LogP contribution in [0.1, 0.15) is 34.7 Å². The Bertz CT molecular complexity index is 1100. The Morgan fingerprint density at radius 2 is 1.93 bits per heavy atom. The largest absolute Gasteiger partial charge is 0.464 e. The second kappa shape index (κ2) is 6.15. The smallest absolute Gasteiger partial charge is 0.231 e. The number of halogens is 1. The molecule has 6 rings (SSSR count). The van der Waals surface area contributed by atoms with Crippen molar-refractivity contribution in [3.05, 3.63) is 74.9 Å². The molecule has 0 bridgehead atoms. The predicted molar refractivity (Wildman–Crippen MR) is 107 cm³/mol. The van der Waals surface area contributed by atoms with E-state index in [1.807, 2.05) is 42.5 Å². The first kappa shape index (κ1) is 16.3. The molecule has 4 heterocycles. The summed E-state index contributed by atoms with van der Waals surface area (Å²) in [6.45, 7) is 0.264. The van der Waals surface area contributed by atoms with E-state index in [2.05, 4.69) is 16.5 Å². The fraction of sp³-hybridized carbons (Fsp3) is 0.190. The third-order valence-corrected chi connectivity index (χ3v) is 6.38. The molecule has 3 aromatic rings. The molecule has 5 nitrogen and oxygen atoms in total. The van der Waals surface area contributed by atoms with Crippen molar-refractivity contribution in [2.45, 2.75) is 18.7 Å². The van der Waals surface area contributed by atoms with E-state index in [1.165, 1.54) is 0 Å². The number of nitrogens with zero attached hydrogens (tertiary/aromatic N) is 2. The van der Waals surface area contributed by atoms with Gasteiger partial charge in [-0.1, -0.05) is 17.7 Å². The number of fused-ring (bicyclic) bond motifs is 4. The lowest BCUT2D eigenvalue weighted by atomic mass is 9.96. The molecule has 28 heavy (non-hydrogen) atoms. The van der Waals surface area contributed by atoms with Crippen LogP contribution in [0.5, 0.6) is 17.2 Å². The summed E-state index contributed by atoms with van der Waals surface area (Å²) in [4.78, 5) is 1.13. The van der Waals surface area contributed by atoms with Crippen LogP contribution in [0.15, 0.2) is 59.0 Å². The van der Waals surface area contributed by atoms with E-state index in [4.69, 9.17) is 30.9 Å². The van der Waals surface area contributed by atoms with Crippen LogP contribution >= 0.6 is 22.9 Å². The molecule has 2 aromatic carbocycles. The highest BCUT2D eigenvalue weighted by molar-refractivity contribution is 7.10. The van der Waals surface area contributed by atoms with Crippen LogP contribution in [0.2, 0.25) is 5.02 Å². The minimum absolute atomic E-state index is 0.0787. The number of thiophene rings is 1. The summed E-state index contributed by atoms with van der Waals surface area (Å²) in [5.41, 5.74) is 3.10. The Hall–Kier alpha value is -2.70. The Balaban J connectivity index is 1.44. The Labute approximate surface area is 170 Å². The van der Waals surface area contributed by atoms with Gasteiger partial charge in [0, 0.05) is 22.6 Å². The third kappa shape index (κ3) is 2.48. The molecule has 0 unspecified atom stereocenters. The average Bonchev–Trinajstić information content (AvgIpc) is 3.46. The van der Waals surface area contributed by atoms with Crippen molar-refractivity contribution in [1.82, 2.24) is 5.01 Å². The van der Waals surface area contributed by atoms with Gasteiger partial charge in [-0.15, -0.1) is 11.3 Å². The highest BCUT2D eigenvalue weighted by Gasteiger charge is 2.41. The number of ether oxygens (including phenoxy) is 3. The molecule has 2 atom stereocenters. The van der Waals surface area contributed by atoms with Crippen molar-refractivity contribution in [2.24, 2.45) is 5.10 Å². The van der Waals surface area contributed by atoms with Crippen LogP contribution in [0.4, 0.5) is 0 Å². The van der Waals surface area contributed by atoms with Gasteiger partial charge >= 0.3 is 0 Å². The number of benzene rings is 2. The van der Waals surface area contributed by atoms with Crippen LogP contribution in [0.3, 0.4) is 0 Å². The minimum Gasteiger partial charge on any atom is -0.464 e. The van der Waals surface area contributed by atoms with Crippen LogP contribution in [-0.4, -0.2) is 17.5 Å². The van der Waals surface area contributed by atoms with Crippen LogP contribution in [0.25, 0.3) is 0 Å². The van der Waals surface area contributed by atoms with Gasteiger partial charge in [-0.3, -0.25) is 0 Å². The maximum absolute atomic E-state index is 6.33. The normalized spacial score (nSPS) is 21.8. The number of hydrazone groups is 1. The van der Waals surface area contributed by atoms with Crippen molar-refractivity contribution >= 4 is 28.6 Å². The first-order chi connectivity index (χ1) is 13.8. The summed E-state index contributed by atoms with van der Waals surface area (Å²) in [6, 6.07) is 16.0. The molecule has 0 spiro atoms. The van der Waals surface area contributed by atoms with E-state index in [-0.39, 0.29) is 19.1 Å². The molecule has 0 amide bonds. The predicted octanol–water partition coefficient (Wildman–Crippen LogP) is 5.37. The van der Waals surface area contributed by atoms with Crippen molar-refractivity contribution in [1.29, 1.82) is 0 Å². The SMILES string of the molecule is Clc1ccc2c(c1)[C@@H]1CC(c3ccc4c(c3)OCO4)=NN1[C@H](c1cccs1)O2. The highest BCUT2D eigenvalue weighted by Crippen LogP contribution is 2.49. The van der Waals surface area contributed by atoms with Crippen molar-refractivity contribution in [3.8, 4) is 17.2 Å². The first-order valence-corrected chi connectivity index (χ1v) is 10.3. The molecule has 140 valence electrons. The lowest BCUT2D eigenvalue weighted by Gasteiger charge is -2.37. The molecule has 0 saturated carbocycles. The van der Waals surface area contributed by atoms with Gasteiger partial charge in [0.25, 0.3) is 0 Å². The summed E-state index contributed by atoms with van der Waals surface area (Å²) in [5.74, 6) is 2.41. The van der Waals surface area contributed by atoms with Gasteiger partial charge in [-0.2, -0.15) is 5.10 Å². The van der Waals surface area contributed by atoms with Gasteiger partial charge in [0.15, 0.2) is 11.5 Å². The van der Waals surface area contributed by atoms with Gasteiger partial charge in [-0.25, -0.2) is 5.01 Å². The van der Waals surface area contributed by atoms with Crippen molar-refractivity contribution in [3.63, 3.8) is 0 Å². The summed E-state index contributed by atoms with van der Waals surface area (Å²) in [5, 5.41) is 9.79. The molecule has 1 aromatic heterocycles. The van der Waals surface area contributed by atoms with Gasteiger partial charge in [0.05, 0.1) is 16.6 Å². The van der Waals surface area contributed by atoms with E-state index >= 15 is 0 Å². The molecular weight excluding hydrogens is 396 g/mol. The van der Waals surface area contributed by atoms with E-state index in [9.17, 15) is 0 Å². The van der Waals surface area contributed by atoms with Crippen LogP contribution < -0.4 is 14.2 Å². The minimum atomic E-state index is -0.245. The monoisotopic (exact) mass is 410 g/mol. The van der Waals surface area contributed by atoms with Crippen LogP contribution in [-0.2, 0) is 0 Å². The quantitative estimate of drug-likeness (QED) is 0.569. The van der Waals surface area contributed by atoms with Crippen molar-refractivity contribution in [2.75, 3.05) is 6.79 Å². The molecule has 3 aliphatic rings. The molecule has 0 fully saturated rings. The molecule has 0 aliphatic carbocycles. The van der Waals surface area contributed by atoms with Gasteiger partial charge < -0.3 is 14.2 Å². The van der Waals surface area contributed by atoms with E-state index < -0.39 is 0 Å². The number of hydrogen-bond donors (Lipinski definition) is 0. The molecule has 0 saturated heterocycles. The second-order valence-corrected chi connectivity index (χ2v) is 8.30. The summed E-state index contributed by atoms with van der Waals surface area (Å²) < 4.78 is 17.3. The maximum Gasteiger partial charge on any atom is 0.231 e. The summed E-state index contributed by atoms with van der Waals surface area (Å²) >= 11 is 7.95. The zero-order valence-electron chi connectivity index (χ0n) is 14.7. The maximum atomic E-state index is 6.33. The Morgan fingerprint density at radius 1 is 1.04 bits per heavy atom. The van der Waals surface area contributed by atoms with Crippen molar-refractivity contribution < 1.29 is 14.2 Å². The summed E-state index contributed by atoms with van der Waals surface area (Å²) in [6.07, 6.45) is 0.531. The van der Waals surface area contributed by atoms with E-state index in [0.29, 0.717) is 5.02 Å². The fourth-order valence-corrected chi connectivity index (χ4v) is 4.85. The number of hydrogen-bond acceptors (Lipinski definition) is 6.